The Morgan fingerprint density at radius 1 is 1.78 bits per heavy atom. The summed E-state index contributed by atoms with van der Waals surface area (Å²) >= 11 is 1.84. The van der Waals surface area contributed by atoms with Crippen molar-refractivity contribution < 1.29 is 5.11 Å². The molecule has 1 rings (SSSR count). The highest BCUT2D eigenvalue weighted by atomic mass is 32.2. The van der Waals surface area contributed by atoms with E-state index in [1.54, 1.807) is 0 Å². The Morgan fingerprint density at radius 2 is 2.56 bits per heavy atom. The molecule has 0 aromatic carbocycles. The van der Waals surface area contributed by atoms with E-state index in [9.17, 15) is 0 Å². The summed E-state index contributed by atoms with van der Waals surface area (Å²) in [5.74, 6) is 1.11. The third-order valence-electron chi connectivity index (χ3n) is 1.43. The smallest absolute Gasteiger partial charge is 0.0561 e. The van der Waals surface area contributed by atoms with Gasteiger partial charge in [-0.15, -0.1) is 0 Å². The predicted octanol–water partition coefficient (Wildman–Crippen LogP) is 0.188. The van der Waals surface area contributed by atoms with E-state index in [2.05, 4.69) is 7.05 Å². The number of thioether (sulfide) groups is 1. The first-order chi connectivity index (χ1) is 4.33. The molecule has 9 heavy (non-hydrogen) atoms. The molecule has 54 valence electrons. The van der Waals surface area contributed by atoms with Gasteiger partial charge in [0.2, 0.25) is 0 Å². The summed E-state index contributed by atoms with van der Waals surface area (Å²) in [5, 5.41) is 9.13. The molecule has 0 radical (unpaired) electrons. The van der Waals surface area contributed by atoms with E-state index < -0.39 is 0 Å². The maximum absolute atomic E-state index is 8.73. The van der Waals surface area contributed by atoms with Crippen molar-refractivity contribution in [1.29, 1.82) is 0 Å². The van der Waals surface area contributed by atoms with Gasteiger partial charge in [0.25, 0.3) is 0 Å². The number of hydrogen-bond donors (Lipinski definition) is 1. The molecule has 0 spiro atoms. The van der Waals surface area contributed by atoms with E-state index in [1.807, 2.05) is 16.7 Å². The molecule has 1 heterocycles. The van der Waals surface area contributed by atoms with Crippen LogP contribution in [-0.2, 0) is 0 Å². The SMILES string of the molecule is [CH2-]N1CCS[C@@H](CO)C1. The highest BCUT2D eigenvalue weighted by molar-refractivity contribution is 8.00. The predicted molar refractivity (Wildman–Crippen MR) is 40.3 cm³/mol. The van der Waals surface area contributed by atoms with E-state index >= 15 is 0 Å². The number of nitrogens with zero attached hydrogens (tertiary/aromatic N) is 1. The van der Waals surface area contributed by atoms with Crippen molar-refractivity contribution in [3.8, 4) is 0 Å². The molecule has 1 aliphatic rings. The van der Waals surface area contributed by atoms with Gasteiger partial charge in [-0.25, -0.2) is 0 Å². The van der Waals surface area contributed by atoms with E-state index in [1.165, 1.54) is 0 Å². The highest BCUT2D eigenvalue weighted by Gasteiger charge is 2.12. The number of rotatable bonds is 1. The second-order valence-electron chi connectivity index (χ2n) is 2.25. The van der Waals surface area contributed by atoms with Gasteiger partial charge < -0.3 is 10.0 Å². The molecule has 1 fully saturated rings. The topological polar surface area (TPSA) is 23.5 Å². The van der Waals surface area contributed by atoms with Gasteiger partial charge in [-0.2, -0.15) is 11.8 Å². The molecule has 0 aromatic heterocycles. The second-order valence-corrected chi connectivity index (χ2v) is 3.66. The van der Waals surface area contributed by atoms with Crippen LogP contribution in [0.2, 0.25) is 0 Å². The standard InChI is InChI=1S/C6H12NOS/c1-7-2-3-9-6(4-7)5-8/h6,8H,1-5H2/q-1/t6-/m1/s1. The normalized spacial score (nSPS) is 30.7. The quantitative estimate of drug-likeness (QED) is 0.534. The fourth-order valence-corrected chi connectivity index (χ4v) is 2.01. The van der Waals surface area contributed by atoms with E-state index in [0.717, 1.165) is 18.8 Å². The molecular formula is C6H12NOS-. The minimum Gasteiger partial charge on any atom is -0.458 e. The Balaban J connectivity index is 2.23. The van der Waals surface area contributed by atoms with Gasteiger partial charge in [-0.1, -0.05) is 0 Å². The summed E-state index contributed by atoms with van der Waals surface area (Å²) in [5.41, 5.74) is 0. The fraction of sp³-hybridized carbons (Fsp3) is 0.833. The molecule has 0 unspecified atom stereocenters. The molecule has 1 saturated heterocycles. The highest BCUT2D eigenvalue weighted by Crippen LogP contribution is 2.16. The average molecular weight is 146 g/mol. The molecule has 2 nitrogen and oxygen atoms in total. The van der Waals surface area contributed by atoms with Crippen molar-refractivity contribution in [2.75, 3.05) is 25.4 Å². The van der Waals surface area contributed by atoms with Crippen molar-refractivity contribution >= 4 is 11.8 Å². The summed E-state index contributed by atoms with van der Waals surface area (Å²) in [6.45, 7) is 2.28. The van der Waals surface area contributed by atoms with Gasteiger partial charge in [-0.3, -0.25) is 7.05 Å². The number of aliphatic hydroxyl groups is 1. The van der Waals surface area contributed by atoms with Gasteiger partial charge in [0.1, 0.15) is 0 Å². The first kappa shape index (κ1) is 7.38. The summed E-state index contributed by atoms with van der Waals surface area (Å²) in [6, 6.07) is 0. The molecule has 1 N–H and O–H groups in total. The zero-order chi connectivity index (χ0) is 6.69. The lowest BCUT2D eigenvalue weighted by Crippen LogP contribution is -2.34. The van der Waals surface area contributed by atoms with Crippen LogP contribution >= 0.6 is 11.8 Å². The Labute approximate surface area is 60.2 Å². The minimum absolute atomic E-state index is 0.288. The lowest BCUT2D eigenvalue weighted by atomic mass is 10.4. The van der Waals surface area contributed by atoms with Gasteiger partial charge in [0.15, 0.2) is 0 Å². The third kappa shape index (κ3) is 2.16. The Morgan fingerprint density at radius 3 is 3.00 bits per heavy atom. The van der Waals surface area contributed by atoms with Crippen molar-refractivity contribution in [2.45, 2.75) is 5.25 Å². The minimum atomic E-state index is 0.288. The average Bonchev–Trinajstić information content (AvgIpc) is 1.88. The Bertz CT molecular complexity index is 89.1. The number of aliphatic hydroxyl groups excluding tert-OH is 1. The second kappa shape index (κ2) is 3.44. The summed E-state index contributed by atoms with van der Waals surface area (Å²) in [4.78, 5) is 2.01. The van der Waals surface area contributed by atoms with Crippen LogP contribution < -0.4 is 0 Å². The van der Waals surface area contributed by atoms with Crippen molar-refractivity contribution in [1.82, 2.24) is 4.90 Å². The van der Waals surface area contributed by atoms with Crippen LogP contribution in [0.15, 0.2) is 0 Å². The fourth-order valence-electron chi connectivity index (χ4n) is 0.891. The van der Waals surface area contributed by atoms with Crippen molar-refractivity contribution in [3.05, 3.63) is 7.05 Å². The first-order valence-electron chi connectivity index (χ1n) is 3.11. The summed E-state index contributed by atoms with van der Waals surface area (Å²) in [6.07, 6.45) is 0. The monoisotopic (exact) mass is 146 g/mol. The number of hydrogen-bond acceptors (Lipinski definition) is 3. The zero-order valence-corrected chi connectivity index (χ0v) is 6.23. The largest absolute Gasteiger partial charge is 0.458 e. The Hall–Kier alpha value is 0.270. The molecule has 0 aromatic rings. The summed E-state index contributed by atoms with van der Waals surface area (Å²) in [7, 11) is 3.80. The lowest BCUT2D eigenvalue weighted by Gasteiger charge is -2.33. The van der Waals surface area contributed by atoms with Crippen molar-refractivity contribution in [2.24, 2.45) is 0 Å². The van der Waals surface area contributed by atoms with Crippen LogP contribution in [-0.4, -0.2) is 40.7 Å². The van der Waals surface area contributed by atoms with Crippen LogP contribution in [0.5, 0.6) is 0 Å². The lowest BCUT2D eigenvalue weighted by molar-refractivity contribution is 0.262. The third-order valence-corrected chi connectivity index (χ3v) is 2.61. The molecule has 3 heteroatoms. The van der Waals surface area contributed by atoms with E-state index in [-0.39, 0.29) is 6.61 Å². The van der Waals surface area contributed by atoms with Gasteiger partial charge in [-0.05, 0) is 13.1 Å². The summed E-state index contributed by atoms with van der Waals surface area (Å²) < 4.78 is 0. The Kier molecular flexibility index (Phi) is 2.82. The molecule has 0 amide bonds. The van der Waals surface area contributed by atoms with Gasteiger partial charge in [0.05, 0.1) is 6.61 Å². The van der Waals surface area contributed by atoms with Crippen molar-refractivity contribution in [3.63, 3.8) is 0 Å². The molecule has 0 aliphatic carbocycles. The van der Waals surface area contributed by atoms with Gasteiger partial charge >= 0.3 is 0 Å². The van der Waals surface area contributed by atoms with Crippen LogP contribution in [0, 0.1) is 7.05 Å². The molecule has 0 saturated carbocycles. The maximum atomic E-state index is 8.73. The van der Waals surface area contributed by atoms with E-state index in [4.69, 9.17) is 5.11 Å². The molecule has 1 atom stereocenters. The maximum Gasteiger partial charge on any atom is 0.0561 e. The molecule has 1 aliphatic heterocycles. The molecule has 0 bridgehead atoms. The van der Waals surface area contributed by atoms with E-state index in [0.29, 0.717) is 5.25 Å². The van der Waals surface area contributed by atoms with Gasteiger partial charge in [0, 0.05) is 11.0 Å². The van der Waals surface area contributed by atoms with Crippen LogP contribution in [0.25, 0.3) is 0 Å². The molecular weight excluding hydrogens is 134 g/mol. The first-order valence-corrected chi connectivity index (χ1v) is 4.15. The van der Waals surface area contributed by atoms with Crippen LogP contribution in [0.3, 0.4) is 0 Å². The zero-order valence-electron chi connectivity index (χ0n) is 5.42. The van der Waals surface area contributed by atoms with Crippen LogP contribution in [0.4, 0.5) is 0 Å². The van der Waals surface area contributed by atoms with Crippen LogP contribution in [0.1, 0.15) is 0 Å².